The lowest BCUT2D eigenvalue weighted by Crippen LogP contribution is -2.03. The van der Waals surface area contributed by atoms with Gasteiger partial charge in [-0.1, -0.05) is 42.5 Å². The topological polar surface area (TPSA) is 9.23 Å². The Bertz CT molecular complexity index is 467. The van der Waals surface area contributed by atoms with Gasteiger partial charge in [0.05, 0.1) is 0 Å². The van der Waals surface area contributed by atoms with Crippen LogP contribution in [0, 0.1) is 0 Å². The summed E-state index contributed by atoms with van der Waals surface area (Å²) in [5.41, 5.74) is 1.20. The second-order valence-electron chi connectivity index (χ2n) is 3.82. The molecule has 0 bridgehead atoms. The molecule has 0 aliphatic heterocycles. The molecule has 0 aliphatic rings. The molecular formula is C15H16OS. The molecule has 1 unspecified atom stereocenters. The van der Waals surface area contributed by atoms with E-state index in [9.17, 15) is 0 Å². The van der Waals surface area contributed by atoms with Gasteiger partial charge in [-0.25, -0.2) is 0 Å². The van der Waals surface area contributed by atoms with Crippen molar-refractivity contribution >= 4 is 11.8 Å². The Morgan fingerprint density at radius 1 is 0.941 bits per heavy atom. The van der Waals surface area contributed by atoms with Gasteiger partial charge in [-0.3, -0.25) is 0 Å². The van der Waals surface area contributed by atoms with Gasteiger partial charge in [-0.2, -0.15) is 0 Å². The third-order valence-corrected chi connectivity index (χ3v) is 3.42. The van der Waals surface area contributed by atoms with Crippen LogP contribution >= 0.6 is 11.8 Å². The molecule has 0 heterocycles. The number of hydrogen-bond acceptors (Lipinski definition) is 2. The lowest BCUT2D eigenvalue weighted by molar-refractivity contribution is 0.221. The number of ether oxygens (including phenoxy) is 1. The van der Waals surface area contributed by atoms with Gasteiger partial charge in [0.15, 0.2) is 0 Å². The molecule has 0 radical (unpaired) electrons. The SMILES string of the molecule is CSc1ccccc1OC(C)c1ccccc1. The largest absolute Gasteiger partial charge is 0.485 e. The summed E-state index contributed by atoms with van der Waals surface area (Å²) in [5, 5.41) is 0. The van der Waals surface area contributed by atoms with Crippen LogP contribution in [0.15, 0.2) is 59.5 Å². The maximum absolute atomic E-state index is 6.00. The van der Waals surface area contributed by atoms with Crippen LogP contribution in [-0.2, 0) is 0 Å². The number of rotatable bonds is 4. The van der Waals surface area contributed by atoms with E-state index in [2.05, 4.69) is 31.4 Å². The van der Waals surface area contributed by atoms with E-state index >= 15 is 0 Å². The minimum Gasteiger partial charge on any atom is -0.485 e. The molecule has 2 rings (SSSR count). The van der Waals surface area contributed by atoms with Crippen LogP contribution in [0.1, 0.15) is 18.6 Å². The van der Waals surface area contributed by atoms with E-state index < -0.39 is 0 Å². The number of benzene rings is 2. The summed E-state index contributed by atoms with van der Waals surface area (Å²) in [7, 11) is 0. The first-order valence-corrected chi connectivity index (χ1v) is 6.88. The average molecular weight is 244 g/mol. The molecule has 88 valence electrons. The van der Waals surface area contributed by atoms with E-state index in [4.69, 9.17) is 4.74 Å². The van der Waals surface area contributed by atoms with Gasteiger partial charge < -0.3 is 4.74 Å². The van der Waals surface area contributed by atoms with E-state index in [1.54, 1.807) is 11.8 Å². The summed E-state index contributed by atoms with van der Waals surface area (Å²) in [6.07, 6.45) is 2.14. The summed E-state index contributed by atoms with van der Waals surface area (Å²) in [4.78, 5) is 1.18. The lowest BCUT2D eigenvalue weighted by Gasteiger charge is -2.16. The van der Waals surface area contributed by atoms with E-state index in [0.717, 1.165) is 5.75 Å². The molecule has 0 saturated carbocycles. The summed E-state index contributed by atoms with van der Waals surface area (Å²) < 4.78 is 6.00. The predicted octanol–water partition coefficient (Wildman–Crippen LogP) is 4.55. The Kier molecular flexibility index (Phi) is 4.10. The fourth-order valence-corrected chi connectivity index (χ4v) is 2.23. The van der Waals surface area contributed by atoms with Crippen molar-refractivity contribution in [2.24, 2.45) is 0 Å². The van der Waals surface area contributed by atoms with Crippen LogP contribution < -0.4 is 4.74 Å². The van der Waals surface area contributed by atoms with E-state index in [1.807, 2.05) is 36.4 Å². The molecule has 0 amide bonds. The molecule has 2 heteroatoms. The first-order chi connectivity index (χ1) is 8.31. The second kappa shape index (κ2) is 5.78. The second-order valence-corrected chi connectivity index (χ2v) is 4.67. The zero-order valence-corrected chi connectivity index (χ0v) is 10.9. The predicted molar refractivity (Wildman–Crippen MR) is 73.7 cm³/mol. The molecule has 0 aliphatic carbocycles. The minimum atomic E-state index is 0.0736. The summed E-state index contributed by atoms with van der Waals surface area (Å²) >= 11 is 1.71. The fraction of sp³-hybridized carbons (Fsp3) is 0.200. The highest BCUT2D eigenvalue weighted by Crippen LogP contribution is 2.30. The van der Waals surface area contributed by atoms with E-state index in [1.165, 1.54) is 10.5 Å². The van der Waals surface area contributed by atoms with Crippen molar-refractivity contribution < 1.29 is 4.74 Å². The molecule has 0 saturated heterocycles. The lowest BCUT2D eigenvalue weighted by atomic mass is 10.1. The van der Waals surface area contributed by atoms with E-state index in [0.29, 0.717) is 0 Å². The summed E-state index contributed by atoms with van der Waals surface area (Å²) in [6.45, 7) is 2.08. The highest BCUT2D eigenvalue weighted by atomic mass is 32.2. The monoisotopic (exact) mass is 244 g/mol. The van der Waals surface area contributed by atoms with Crippen LogP contribution in [0.4, 0.5) is 0 Å². The quantitative estimate of drug-likeness (QED) is 0.730. The van der Waals surface area contributed by atoms with Gasteiger partial charge in [-0.05, 0) is 30.9 Å². The molecule has 0 aromatic heterocycles. The van der Waals surface area contributed by atoms with Crippen molar-refractivity contribution in [2.75, 3.05) is 6.26 Å². The number of hydrogen-bond donors (Lipinski definition) is 0. The van der Waals surface area contributed by atoms with Gasteiger partial charge in [0.1, 0.15) is 11.9 Å². The first kappa shape index (κ1) is 12.1. The van der Waals surface area contributed by atoms with Gasteiger partial charge in [0, 0.05) is 4.90 Å². The molecule has 1 atom stereocenters. The van der Waals surface area contributed by atoms with Crippen LogP contribution in [0.5, 0.6) is 5.75 Å². The molecule has 0 N–H and O–H groups in total. The van der Waals surface area contributed by atoms with Gasteiger partial charge >= 0.3 is 0 Å². The van der Waals surface area contributed by atoms with Crippen molar-refractivity contribution in [3.05, 3.63) is 60.2 Å². The third kappa shape index (κ3) is 3.04. The van der Waals surface area contributed by atoms with E-state index in [-0.39, 0.29) is 6.10 Å². The maximum atomic E-state index is 6.00. The minimum absolute atomic E-state index is 0.0736. The normalized spacial score (nSPS) is 12.1. The van der Waals surface area contributed by atoms with Crippen molar-refractivity contribution in [3.8, 4) is 5.75 Å². The molecule has 1 nitrogen and oxygen atoms in total. The van der Waals surface area contributed by atoms with Crippen LogP contribution in [-0.4, -0.2) is 6.26 Å². The molecule has 2 aromatic rings. The van der Waals surface area contributed by atoms with Gasteiger partial charge in [0.25, 0.3) is 0 Å². The van der Waals surface area contributed by atoms with Crippen molar-refractivity contribution in [1.29, 1.82) is 0 Å². The van der Waals surface area contributed by atoms with Gasteiger partial charge in [0.2, 0.25) is 0 Å². The molecule has 0 fully saturated rings. The Morgan fingerprint density at radius 3 is 2.29 bits per heavy atom. The Labute approximate surface area is 107 Å². The molecule has 2 aromatic carbocycles. The fourth-order valence-electron chi connectivity index (χ4n) is 1.70. The summed E-state index contributed by atoms with van der Waals surface area (Å²) in [6, 6.07) is 18.4. The molecule has 0 spiro atoms. The van der Waals surface area contributed by atoms with Gasteiger partial charge in [-0.15, -0.1) is 11.8 Å². The van der Waals surface area contributed by atoms with Crippen molar-refractivity contribution in [2.45, 2.75) is 17.9 Å². The van der Waals surface area contributed by atoms with Crippen LogP contribution in [0.25, 0.3) is 0 Å². The number of thioether (sulfide) groups is 1. The highest BCUT2D eigenvalue weighted by molar-refractivity contribution is 7.98. The Hall–Kier alpha value is -1.41. The van der Waals surface area contributed by atoms with Crippen LogP contribution in [0.3, 0.4) is 0 Å². The average Bonchev–Trinajstić information content (AvgIpc) is 2.40. The van der Waals surface area contributed by atoms with Crippen molar-refractivity contribution in [3.63, 3.8) is 0 Å². The molecular weight excluding hydrogens is 228 g/mol. The Balaban J connectivity index is 2.16. The Morgan fingerprint density at radius 2 is 1.59 bits per heavy atom. The van der Waals surface area contributed by atoms with Crippen LogP contribution in [0.2, 0.25) is 0 Å². The smallest absolute Gasteiger partial charge is 0.133 e. The van der Waals surface area contributed by atoms with Crippen molar-refractivity contribution in [1.82, 2.24) is 0 Å². The molecule has 17 heavy (non-hydrogen) atoms. The first-order valence-electron chi connectivity index (χ1n) is 5.66. The maximum Gasteiger partial charge on any atom is 0.133 e. The zero-order chi connectivity index (χ0) is 12.1. The standard InChI is InChI=1S/C15H16OS/c1-12(13-8-4-3-5-9-13)16-14-10-6-7-11-15(14)17-2/h3-12H,1-2H3. The third-order valence-electron chi connectivity index (χ3n) is 2.64. The number of para-hydroxylation sites is 1. The summed E-state index contributed by atoms with van der Waals surface area (Å²) in [5.74, 6) is 0.955. The zero-order valence-electron chi connectivity index (χ0n) is 10.1. The highest BCUT2D eigenvalue weighted by Gasteiger charge is 2.08.